The Morgan fingerprint density at radius 2 is 1.45 bits per heavy atom. The van der Waals surface area contributed by atoms with Crippen LogP contribution in [0.1, 0.15) is 46.5 Å². The van der Waals surface area contributed by atoms with Gasteiger partial charge >= 0.3 is 23.1 Å². The molecule has 0 atom stereocenters. The Morgan fingerprint density at radius 3 is 1.73 bits per heavy atom. The van der Waals surface area contributed by atoms with Gasteiger partial charge in [-0.2, -0.15) is 19.8 Å². The fraction of sp³-hybridized carbons (Fsp3) is 0.889. The standard InChI is InChI=1S/C9H17.HI.Mg/c1-8-4-6-9(2,3)7-5-8;;/h4-7H2,1-3H3;1H;/q-1;;+2/p-1. The predicted molar refractivity (Wildman–Crippen MR) is 46.9 cm³/mol. The first-order valence-electron chi connectivity index (χ1n) is 3.91. The Hall–Kier alpha value is 1.50. The predicted octanol–water partition coefficient (Wildman–Crippen LogP) is -0.196. The first-order chi connectivity index (χ1) is 4.10. The van der Waals surface area contributed by atoms with E-state index in [1.807, 2.05) is 0 Å². The maximum Gasteiger partial charge on any atom is 2.00 e. The molecule has 0 aliphatic heterocycles. The van der Waals surface area contributed by atoms with E-state index in [4.69, 9.17) is 0 Å². The summed E-state index contributed by atoms with van der Waals surface area (Å²) in [5, 5.41) is 0. The van der Waals surface area contributed by atoms with E-state index in [0.717, 1.165) is 0 Å². The molecule has 0 unspecified atom stereocenters. The number of hydrogen-bond donors (Lipinski definition) is 0. The summed E-state index contributed by atoms with van der Waals surface area (Å²) in [5.41, 5.74) is 0.638. The minimum absolute atomic E-state index is 0. The molecule has 1 fully saturated rings. The van der Waals surface area contributed by atoms with Crippen molar-refractivity contribution in [2.45, 2.75) is 46.5 Å². The van der Waals surface area contributed by atoms with Crippen molar-refractivity contribution in [1.29, 1.82) is 0 Å². The van der Waals surface area contributed by atoms with Crippen LogP contribution in [-0.2, 0) is 0 Å². The van der Waals surface area contributed by atoms with E-state index in [0.29, 0.717) is 5.41 Å². The molecule has 1 rings (SSSR count). The van der Waals surface area contributed by atoms with Crippen molar-refractivity contribution >= 4 is 23.1 Å². The van der Waals surface area contributed by atoms with Crippen LogP contribution in [0.3, 0.4) is 0 Å². The third-order valence-electron chi connectivity index (χ3n) is 2.46. The quantitative estimate of drug-likeness (QED) is 0.327. The second kappa shape index (κ2) is 6.03. The van der Waals surface area contributed by atoms with Gasteiger partial charge in [0.15, 0.2) is 0 Å². The Balaban J connectivity index is 0. The Morgan fingerprint density at radius 1 is 1.09 bits per heavy atom. The van der Waals surface area contributed by atoms with E-state index in [1.165, 1.54) is 25.7 Å². The fourth-order valence-corrected chi connectivity index (χ4v) is 1.35. The van der Waals surface area contributed by atoms with E-state index in [2.05, 4.69) is 20.8 Å². The molecule has 2 heteroatoms. The van der Waals surface area contributed by atoms with Gasteiger partial charge in [-0.25, -0.2) is 0 Å². The summed E-state index contributed by atoms with van der Waals surface area (Å²) in [7, 11) is 0. The molecule has 0 aromatic rings. The van der Waals surface area contributed by atoms with Crippen molar-refractivity contribution in [1.82, 2.24) is 0 Å². The zero-order chi connectivity index (χ0) is 6.91. The van der Waals surface area contributed by atoms with Crippen LogP contribution < -0.4 is 24.0 Å². The maximum atomic E-state index is 2.37. The van der Waals surface area contributed by atoms with Crippen LogP contribution in [0.2, 0.25) is 0 Å². The second-order valence-electron chi connectivity index (χ2n) is 4.12. The molecule has 0 radical (unpaired) electrons. The van der Waals surface area contributed by atoms with Gasteiger partial charge in [-0.3, -0.25) is 0 Å². The number of halogens is 1. The SMILES string of the molecule is C[C-]1CCC(C)(C)CC1.[I-].[Mg+2]. The van der Waals surface area contributed by atoms with Crippen LogP contribution in [0.5, 0.6) is 0 Å². The van der Waals surface area contributed by atoms with Crippen molar-refractivity contribution in [3.8, 4) is 0 Å². The first kappa shape index (κ1) is 15.0. The summed E-state index contributed by atoms with van der Waals surface area (Å²) >= 11 is 0. The molecule has 0 nitrogen and oxygen atoms in total. The molecule has 1 aliphatic rings. The summed E-state index contributed by atoms with van der Waals surface area (Å²) in [6, 6.07) is 0. The molecular formula is C9H17IMg. The topological polar surface area (TPSA) is 0 Å². The molecule has 1 aliphatic carbocycles. The Labute approximate surface area is 104 Å². The monoisotopic (exact) mass is 276 g/mol. The molecule has 0 N–H and O–H groups in total. The van der Waals surface area contributed by atoms with Gasteiger partial charge in [0.2, 0.25) is 0 Å². The summed E-state index contributed by atoms with van der Waals surface area (Å²) < 4.78 is 0. The van der Waals surface area contributed by atoms with Crippen molar-refractivity contribution in [3.05, 3.63) is 5.92 Å². The minimum Gasteiger partial charge on any atom is -1.00 e. The average Bonchev–Trinajstić information content (AvgIpc) is 1.78. The van der Waals surface area contributed by atoms with Gasteiger partial charge in [-0.05, 0) is 5.41 Å². The van der Waals surface area contributed by atoms with Gasteiger partial charge < -0.3 is 29.9 Å². The fourth-order valence-electron chi connectivity index (χ4n) is 1.35. The van der Waals surface area contributed by atoms with E-state index in [9.17, 15) is 0 Å². The van der Waals surface area contributed by atoms with Gasteiger partial charge in [0.25, 0.3) is 0 Å². The van der Waals surface area contributed by atoms with Gasteiger partial charge in [0.1, 0.15) is 0 Å². The molecule has 62 valence electrons. The molecule has 0 spiro atoms. The average molecular weight is 276 g/mol. The van der Waals surface area contributed by atoms with Crippen molar-refractivity contribution in [2.75, 3.05) is 0 Å². The zero-order valence-electron chi connectivity index (χ0n) is 7.91. The third kappa shape index (κ3) is 5.69. The van der Waals surface area contributed by atoms with Gasteiger partial charge in [0, 0.05) is 0 Å². The third-order valence-corrected chi connectivity index (χ3v) is 2.46. The minimum atomic E-state index is 0. The van der Waals surface area contributed by atoms with Gasteiger partial charge in [-0.15, -0.1) is 0 Å². The van der Waals surface area contributed by atoms with Crippen molar-refractivity contribution < 1.29 is 24.0 Å². The molecule has 0 heterocycles. The largest absolute Gasteiger partial charge is 2.00 e. The van der Waals surface area contributed by atoms with Crippen LogP contribution in [0.25, 0.3) is 0 Å². The molecule has 0 saturated heterocycles. The molecule has 0 bridgehead atoms. The Kier molecular flexibility index (Phi) is 8.21. The van der Waals surface area contributed by atoms with E-state index < -0.39 is 0 Å². The Bertz CT molecular complexity index is 91.7. The molecular weight excluding hydrogens is 259 g/mol. The van der Waals surface area contributed by atoms with Crippen LogP contribution in [0, 0.1) is 11.3 Å². The van der Waals surface area contributed by atoms with Crippen molar-refractivity contribution in [3.63, 3.8) is 0 Å². The van der Waals surface area contributed by atoms with Crippen LogP contribution in [-0.4, -0.2) is 23.1 Å². The zero-order valence-corrected chi connectivity index (χ0v) is 11.5. The second-order valence-corrected chi connectivity index (χ2v) is 4.12. The van der Waals surface area contributed by atoms with Gasteiger partial charge in [-0.1, -0.05) is 26.7 Å². The van der Waals surface area contributed by atoms with Gasteiger partial charge in [0.05, 0.1) is 0 Å². The smallest absolute Gasteiger partial charge is 1.00 e. The number of rotatable bonds is 0. The summed E-state index contributed by atoms with van der Waals surface area (Å²) in [4.78, 5) is 0. The van der Waals surface area contributed by atoms with Crippen LogP contribution >= 0.6 is 0 Å². The summed E-state index contributed by atoms with van der Waals surface area (Å²) in [6.07, 6.45) is 5.54. The van der Waals surface area contributed by atoms with E-state index in [1.54, 1.807) is 5.92 Å². The van der Waals surface area contributed by atoms with E-state index >= 15 is 0 Å². The van der Waals surface area contributed by atoms with E-state index in [-0.39, 0.29) is 47.0 Å². The molecule has 0 aromatic carbocycles. The van der Waals surface area contributed by atoms with Crippen molar-refractivity contribution in [2.24, 2.45) is 5.41 Å². The summed E-state index contributed by atoms with van der Waals surface area (Å²) in [6.45, 7) is 7.04. The van der Waals surface area contributed by atoms with Crippen LogP contribution in [0.4, 0.5) is 0 Å². The molecule has 11 heavy (non-hydrogen) atoms. The van der Waals surface area contributed by atoms with Crippen LogP contribution in [0.15, 0.2) is 0 Å². The molecule has 0 amide bonds. The molecule has 0 aromatic heterocycles. The normalized spacial score (nSPS) is 23.2. The maximum absolute atomic E-state index is 2.37. The summed E-state index contributed by atoms with van der Waals surface area (Å²) in [5.74, 6) is 1.70. The first-order valence-corrected chi connectivity index (χ1v) is 3.91. The number of hydrogen-bond acceptors (Lipinski definition) is 0. The molecule has 1 saturated carbocycles.